The molecule has 0 aliphatic heterocycles. The van der Waals surface area contributed by atoms with Gasteiger partial charge in [-0.1, -0.05) is 184 Å². The van der Waals surface area contributed by atoms with Crippen molar-refractivity contribution in [2.75, 3.05) is 6.61 Å². The second kappa shape index (κ2) is 40.1. The lowest BCUT2D eigenvalue weighted by atomic mass is 10.0. The maximum atomic E-state index is 12.4. The van der Waals surface area contributed by atoms with Gasteiger partial charge in [0.25, 0.3) is 0 Å². The summed E-state index contributed by atoms with van der Waals surface area (Å²) in [7, 11) is 0. The zero-order chi connectivity index (χ0) is 36.6. The number of amides is 1. The SMILES string of the molecule is CCCCCCCC/C=C\CCCCCCCCC(O)C(=O)NC(CO)C(O)/C=C/CC/C=C/CC/C=C/CCCCCCCCCCCC. The Labute approximate surface area is 310 Å². The van der Waals surface area contributed by atoms with Gasteiger partial charge in [-0.15, -0.1) is 0 Å². The number of aliphatic hydroxyl groups is 3. The molecule has 0 aromatic heterocycles. The van der Waals surface area contributed by atoms with Crippen LogP contribution in [0.15, 0.2) is 48.6 Å². The van der Waals surface area contributed by atoms with Gasteiger partial charge < -0.3 is 20.6 Å². The van der Waals surface area contributed by atoms with Crippen molar-refractivity contribution in [3.63, 3.8) is 0 Å². The lowest BCUT2D eigenvalue weighted by Crippen LogP contribution is -2.48. The molecular weight excluding hydrogens is 618 g/mol. The van der Waals surface area contributed by atoms with Crippen LogP contribution in [0.3, 0.4) is 0 Å². The largest absolute Gasteiger partial charge is 0.394 e. The fourth-order valence-electron chi connectivity index (χ4n) is 6.21. The van der Waals surface area contributed by atoms with E-state index in [2.05, 4.69) is 55.6 Å². The van der Waals surface area contributed by atoms with E-state index >= 15 is 0 Å². The third-order valence-electron chi connectivity index (χ3n) is 9.62. The quantitative estimate of drug-likeness (QED) is 0.0381. The fourth-order valence-corrected chi connectivity index (χ4v) is 6.21. The molecule has 4 N–H and O–H groups in total. The van der Waals surface area contributed by atoms with Gasteiger partial charge in [0, 0.05) is 0 Å². The molecule has 0 spiro atoms. The van der Waals surface area contributed by atoms with Gasteiger partial charge in [-0.3, -0.25) is 4.79 Å². The van der Waals surface area contributed by atoms with E-state index in [0.717, 1.165) is 51.4 Å². The van der Waals surface area contributed by atoms with E-state index < -0.39 is 24.2 Å². The maximum Gasteiger partial charge on any atom is 0.249 e. The highest BCUT2D eigenvalue weighted by Crippen LogP contribution is 2.13. The van der Waals surface area contributed by atoms with Crippen LogP contribution in [0.4, 0.5) is 0 Å². The molecular formula is C45H83NO4. The van der Waals surface area contributed by atoms with Crippen LogP contribution in [0.5, 0.6) is 0 Å². The zero-order valence-electron chi connectivity index (χ0n) is 33.0. The van der Waals surface area contributed by atoms with Gasteiger partial charge in [-0.2, -0.15) is 0 Å². The highest BCUT2D eigenvalue weighted by atomic mass is 16.3. The van der Waals surface area contributed by atoms with Crippen molar-refractivity contribution in [3.8, 4) is 0 Å². The van der Waals surface area contributed by atoms with Crippen LogP contribution < -0.4 is 5.32 Å². The minimum absolute atomic E-state index is 0.384. The Morgan fingerprint density at radius 3 is 1.22 bits per heavy atom. The number of rotatable bonds is 38. The number of hydrogen-bond acceptors (Lipinski definition) is 4. The van der Waals surface area contributed by atoms with Crippen LogP contribution >= 0.6 is 0 Å². The van der Waals surface area contributed by atoms with Crippen LogP contribution in [0.1, 0.15) is 206 Å². The first-order valence-electron chi connectivity index (χ1n) is 21.5. The van der Waals surface area contributed by atoms with Crippen molar-refractivity contribution >= 4 is 5.91 Å². The van der Waals surface area contributed by atoms with Gasteiger partial charge >= 0.3 is 0 Å². The first kappa shape index (κ1) is 48.3. The fraction of sp³-hybridized carbons (Fsp3) is 0.800. The summed E-state index contributed by atoms with van der Waals surface area (Å²) in [6.07, 6.45) is 51.4. The third kappa shape index (κ3) is 34.7. The summed E-state index contributed by atoms with van der Waals surface area (Å²) in [4.78, 5) is 12.4. The second-order valence-electron chi connectivity index (χ2n) is 14.5. The minimum atomic E-state index is -1.11. The normalized spacial score (nSPS) is 14.1. The van der Waals surface area contributed by atoms with Crippen molar-refractivity contribution < 1.29 is 20.1 Å². The van der Waals surface area contributed by atoms with Gasteiger partial charge in [0.1, 0.15) is 6.10 Å². The number of carbonyl (C=O) groups excluding carboxylic acids is 1. The molecule has 5 heteroatoms. The van der Waals surface area contributed by atoms with Crippen LogP contribution in [0, 0.1) is 0 Å². The topological polar surface area (TPSA) is 89.8 Å². The monoisotopic (exact) mass is 702 g/mol. The number of unbranched alkanes of at least 4 members (excludes halogenated alkanes) is 24. The molecule has 0 radical (unpaired) electrons. The standard InChI is InChI=1S/C45H83NO4/c1-3-5-7-9-11-13-15-17-19-21-22-23-24-26-27-29-31-33-35-37-39-43(48)42(41-47)46-45(50)44(49)40-38-36-34-32-30-28-25-20-18-16-14-12-10-8-6-4-2/h18,20,23-24,29,31,37,39,42-44,47-49H,3-17,19,21-22,25-28,30,32-36,38,40-41H2,1-2H3,(H,46,50)/b20-18-,24-23+,31-29+,39-37+. The number of allylic oxidation sites excluding steroid dienone is 7. The minimum Gasteiger partial charge on any atom is -0.394 e. The van der Waals surface area contributed by atoms with Crippen LogP contribution in [0.2, 0.25) is 0 Å². The number of carbonyl (C=O) groups is 1. The van der Waals surface area contributed by atoms with E-state index in [1.165, 1.54) is 135 Å². The molecule has 0 fully saturated rings. The predicted molar refractivity (Wildman–Crippen MR) is 217 cm³/mol. The summed E-state index contributed by atoms with van der Waals surface area (Å²) < 4.78 is 0. The predicted octanol–water partition coefficient (Wildman–Crippen LogP) is 12.2. The number of nitrogens with one attached hydrogen (secondary N) is 1. The Balaban J connectivity index is 3.78. The molecule has 3 unspecified atom stereocenters. The Hall–Kier alpha value is -1.69. The van der Waals surface area contributed by atoms with E-state index in [9.17, 15) is 20.1 Å². The van der Waals surface area contributed by atoms with E-state index in [0.29, 0.717) is 6.42 Å². The molecule has 0 saturated heterocycles. The molecule has 292 valence electrons. The second-order valence-corrected chi connectivity index (χ2v) is 14.5. The van der Waals surface area contributed by atoms with Gasteiger partial charge in [-0.25, -0.2) is 0 Å². The van der Waals surface area contributed by atoms with E-state index in [-0.39, 0.29) is 6.61 Å². The smallest absolute Gasteiger partial charge is 0.249 e. The van der Waals surface area contributed by atoms with Crippen LogP contribution in [-0.4, -0.2) is 46.1 Å². The van der Waals surface area contributed by atoms with Crippen LogP contribution in [-0.2, 0) is 4.79 Å². The molecule has 3 atom stereocenters. The van der Waals surface area contributed by atoms with Crippen molar-refractivity contribution in [3.05, 3.63) is 48.6 Å². The zero-order valence-corrected chi connectivity index (χ0v) is 33.0. The summed E-state index contributed by atoms with van der Waals surface area (Å²) >= 11 is 0. The Kier molecular flexibility index (Phi) is 38.7. The van der Waals surface area contributed by atoms with Gasteiger partial charge in [0.15, 0.2) is 0 Å². The summed E-state index contributed by atoms with van der Waals surface area (Å²) in [6.45, 7) is 4.15. The lowest BCUT2D eigenvalue weighted by Gasteiger charge is -2.21. The molecule has 0 aromatic carbocycles. The Morgan fingerprint density at radius 2 is 0.820 bits per heavy atom. The third-order valence-corrected chi connectivity index (χ3v) is 9.62. The van der Waals surface area contributed by atoms with Gasteiger partial charge in [0.2, 0.25) is 5.91 Å². The highest BCUT2D eigenvalue weighted by molar-refractivity contribution is 5.80. The van der Waals surface area contributed by atoms with Crippen molar-refractivity contribution in [2.45, 2.75) is 225 Å². The first-order valence-corrected chi connectivity index (χ1v) is 21.5. The van der Waals surface area contributed by atoms with Crippen molar-refractivity contribution in [2.24, 2.45) is 0 Å². The van der Waals surface area contributed by atoms with E-state index in [1.54, 1.807) is 6.08 Å². The first-order chi connectivity index (χ1) is 24.6. The molecule has 5 nitrogen and oxygen atoms in total. The summed E-state index contributed by atoms with van der Waals surface area (Å²) in [5.41, 5.74) is 0. The van der Waals surface area contributed by atoms with Gasteiger partial charge in [0.05, 0.1) is 18.8 Å². The average molecular weight is 702 g/mol. The van der Waals surface area contributed by atoms with E-state index in [4.69, 9.17) is 0 Å². The lowest BCUT2D eigenvalue weighted by molar-refractivity contribution is -0.131. The number of aliphatic hydroxyl groups excluding tert-OH is 3. The van der Waals surface area contributed by atoms with Crippen molar-refractivity contribution in [1.82, 2.24) is 5.32 Å². The maximum absolute atomic E-state index is 12.4. The molecule has 1 amide bonds. The Bertz CT molecular complexity index is 820. The molecule has 0 aromatic rings. The molecule has 0 aliphatic carbocycles. The summed E-state index contributed by atoms with van der Waals surface area (Å²) in [5, 5.41) is 33.1. The van der Waals surface area contributed by atoms with Crippen molar-refractivity contribution in [1.29, 1.82) is 0 Å². The number of hydrogen-bond donors (Lipinski definition) is 4. The molecule has 50 heavy (non-hydrogen) atoms. The molecule has 0 bridgehead atoms. The highest BCUT2D eigenvalue weighted by Gasteiger charge is 2.22. The van der Waals surface area contributed by atoms with Gasteiger partial charge in [-0.05, 0) is 70.6 Å². The molecule has 0 saturated carbocycles. The Morgan fingerprint density at radius 1 is 0.480 bits per heavy atom. The molecule has 0 rings (SSSR count). The van der Waals surface area contributed by atoms with E-state index in [1.807, 2.05) is 6.08 Å². The molecule has 0 heterocycles. The summed E-state index contributed by atoms with van der Waals surface area (Å²) in [6, 6.07) is -0.823. The summed E-state index contributed by atoms with van der Waals surface area (Å²) in [5.74, 6) is -0.523. The van der Waals surface area contributed by atoms with Crippen LogP contribution in [0.25, 0.3) is 0 Å². The molecule has 0 aliphatic rings. The average Bonchev–Trinajstić information content (AvgIpc) is 3.12.